The van der Waals surface area contributed by atoms with Crippen LogP contribution in [0.4, 0.5) is 0 Å². The zero-order valence-corrected chi connectivity index (χ0v) is 17.6. The van der Waals surface area contributed by atoms with E-state index in [1.54, 1.807) is 28.1 Å². The average Bonchev–Trinajstić information content (AvgIpc) is 2.84. The molecule has 7 nitrogen and oxygen atoms in total. The predicted molar refractivity (Wildman–Crippen MR) is 119 cm³/mol. The number of nitrogens with one attached hydrogen (secondary N) is 1. The van der Waals surface area contributed by atoms with Crippen LogP contribution in [0.1, 0.15) is 27.2 Å². The molecule has 1 aromatic heterocycles. The second-order valence-corrected chi connectivity index (χ2v) is 7.64. The Morgan fingerprint density at radius 2 is 1.38 bits per heavy atom. The molecule has 2 heterocycles. The Bertz CT molecular complexity index is 1090. The minimum Gasteiger partial charge on any atom is -0.346 e. The lowest BCUT2D eigenvalue weighted by Crippen LogP contribution is -2.53. The number of carbonyl (C=O) groups excluding carboxylic acids is 3. The molecular weight excluding hydrogens is 404 g/mol. The van der Waals surface area contributed by atoms with Gasteiger partial charge < -0.3 is 15.1 Å². The molecule has 32 heavy (non-hydrogen) atoms. The smallest absolute Gasteiger partial charge is 0.312 e. The average molecular weight is 428 g/mol. The third-order valence-electron chi connectivity index (χ3n) is 5.36. The molecule has 162 valence electrons. The lowest BCUT2D eigenvalue weighted by molar-refractivity contribution is -0.156. The van der Waals surface area contributed by atoms with E-state index in [1.807, 2.05) is 60.7 Å². The van der Waals surface area contributed by atoms with Crippen LogP contribution in [0.5, 0.6) is 0 Å². The van der Waals surface area contributed by atoms with E-state index in [2.05, 4.69) is 10.3 Å². The monoisotopic (exact) mass is 428 g/mol. The van der Waals surface area contributed by atoms with Crippen molar-refractivity contribution in [3.05, 3.63) is 101 Å². The van der Waals surface area contributed by atoms with E-state index in [9.17, 15) is 14.4 Å². The van der Waals surface area contributed by atoms with Gasteiger partial charge in [-0.05, 0) is 35.4 Å². The van der Waals surface area contributed by atoms with Gasteiger partial charge in [0.1, 0.15) is 0 Å². The molecule has 7 heteroatoms. The molecule has 4 rings (SSSR count). The second-order valence-electron chi connectivity index (χ2n) is 7.64. The highest BCUT2D eigenvalue weighted by atomic mass is 16.2. The molecule has 0 unspecified atom stereocenters. The molecule has 3 amide bonds. The van der Waals surface area contributed by atoms with Gasteiger partial charge in [-0.25, -0.2) is 0 Å². The van der Waals surface area contributed by atoms with Crippen molar-refractivity contribution < 1.29 is 14.4 Å². The molecule has 3 aromatic rings. The summed E-state index contributed by atoms with van der Waals surface area (Å²) in [6.45, 7) is 2.09. The quantitative estimate of drug-likeness (QED) is 0.586. The predicted octanol–water partition coefficient (Wildman–Crippen LogP) is 2.38. The fourth-order valence-corrected chi connectivity index (χ4v) is 3.58. The Morgan fingerprint density at radius 3 is 1.97 bits per heavy atom. The van der Waals surface area contributed by atoms with Crippen molar-refractivity contribution in [3.63, 3.8) is 0 Å². The minimum absolute atomic E-state index is 0.192. The van der Waals surface area contributed by atoms with Gasteiger partial charge in [0, 0.05) is 37.9 Å². The third-order valence-corrected chi connectivity index (χ3v) is 5.36. The maximum absolute atomic E-state index is 12.6. The van der Waals surface area contributed by atoms with Crippen LogP contribution in [0.2, 0.25) is 0 Å². The van der Waals surface area contributed by atoms with Crippen LogP contribution >= 0.6 is 0 Å². The van der Waals surface area contributed by atoms with Crippen molar-refractivity contribution in [3.8, 4) is 0 Å². The van der Waals surface area contributed by atoms with Crippen molar-refractivity contribution in [1.82, 2.24) is 20.1 Å². The zero-order valence-electron chi connectivity index (χ0n) is 17.6. The van der Waals surface area contributed by atoms with Crippen molar-refractivity contribution >= 4 is 17.7 Å². The van der Waals surface area contributed by atoms with E-state index < -0.39 is 11.8 Å². The Labute approximate surface area is 186 Å². The summed E-state index contributed by atoms with van der Waals surface area (Å²) >= 11 is 0. The number of piperazine rings is 1. The Kier molecular flexibility index (Phi) is 6.55. The van der Waals surface area contributed by atoms with Gasteiger partial charge in [-0.2, -0.15) is 0 Å². The summed E-state index contributed by atoms with van der Waals surface area (Å²) in [6, 6.07) is 22.3. The standard InChI is InChI=1S/C25H24N4O3/c30-23(27-16-22-8-4-5-13-26-22)21-11-9-20(10-12-21)18-29-15-14-28(24(31)25(29)32)17-19-6-2-1-3-7-19/h1-13H,14-18H2,(H,27,30). The number of carbonyl (C=O) groups is 3. The molecule has 1 aliphatic rings. The first kappa shape index (κ1) is 21.2. The largest absolute Gasteiger partial charge is 0.346 e. The molecule has 0 radical (unpaired) electrons. The van der Waals surface area contributed by atoms with Crippen molar-refractivity contribution in [2.24, 2.45) is 0 Å². The Morgan fingerprint density at radius 1 is 0.781 bits per heavy atom. The molecule has 0 saturated carbocycles. The minimum atomic E-state index is -0.496. The number of hydrogen-bond donors (Lipinski definition) is 1. The fraction of sp³-hybridized carbons (Fsp3) is 0.200. The highest BCUT2D eigenvalue weighted by Gasteiger charge is 2.32. The van der Waals surface area contributed by atoms with E-state index >= 15 is 0 Å². The van der Waals surface area contributed by atoms with Crippen LogP contribution < -0.4 is 5.32 Å². The topological polar surface area (TPSA) is 82.6 Å². The molecule has 1 N–H and O–H groups in total. The van der Waals surface area contributed by atoms with Crippen molar-refractivity contribution in [2.75, 3.05) is 13.1 Å². The van der Waals surface area contributed by atoms with E-state index in [0.29, 0.717) is 38.3 Å². The fourth-order valence-electron chi connectivity index (χ4n) is 3.58. The lowest BCUT2D eigenvalue weighted by atomic mass is 10.1. The number of aromatic nitrogens is 1. The Balaban J connectivity index is 1.31. The third kappa shape index (κ3) is 5.18. The first-order valence-corrected chi connectivity index (χ1v) is 10.5. The van der Waals surface area contributed by atoms with Gasteiger partial charge in [-0.15, -0.1) is 0 Å². The normalized spacial score (nSPS) is 13.9. The van der Waals surface area contributed by atoms with E-state index in [4.69, 9.17) is 0 Å². The second kappa shape index (κ2) is 9.87. The van der Waals surface area contributed by atoms with Crippen LogP contribution in [0, 0.1) is 0 Å². The van der Waals surface area contributed by atoms with Crippen LogP contribution in [0.25, 0.3) is 0 Å². The highest BCUT2D eigenvalue weighted by molar-refractivity contribution is 6.35. The number of rotatable bonds is 7. The summed E-state index contributed by atoms with van der Waals surface area (Å²) < 4.78 is 0. The van der Waals surface area contributed by atoms with Crippen molar-refractivity contribution in [1.29, 1.82) is 0 Å². The van der Waals surface area contributed by atoms with Gasteiger partial charge in [0.25, 0.3) is 5.91 Å². The summed E-state index contributed by atoms with van der Waals surface area (Å²) in [5, 5.41) is 2.84. The molecule has 1 fully saturated rings. The SMILES string of the molecule is O=C(NCc1ccccn1)c1ccc(CN2CCN(Cc3ccccc3)C(=O)C2=O)cc1. The van der Waals surface area contributed by atoms with Gasteiger partial charge in [0.15, 0.2) is 0 Å². The van der Waals surface area contributed by atoms with Gasteiger partial charge in [0.2, 0.25) is 0 Å². The van der Waals surface area contributed by atoms with E-state index in [0.717, 1.165) is 16.8 Å². The van der Waals surface area contributed by atoms with Gasteiger partial charge in [-0.3, -0.25) is 19.4 Å². The molecule has 2 aromatic carbocycles. The summed E-state index contributed by atoms with van der Waals surface area (Å²) in [5.74, 6) is -1.17. The van der Waals surface area contributed by atoms with Crippen LogP contribution in [0.3, 0.4) is 0 Å². The highest BCUT2D eigenvalue weighted by Crippen LogP contribution is 2.14. The molecular formula is C25H24N4O3. The van der Waals surface area contributed by atoms with E-state index in [1.165, 1.54) is 0 Å². The number of benzene rings is 2. The maximum atomic E-state index is 12.6. The number of amides is 3. The summed E-state index contributed by atoms with van der Waals surface area (Å²) in [4.78, 5) is 44.8. The molecule has 1 saturated heterocycles. The van der Waals surface area contributed by atoms with Gasteiger partial charge >= 0.3 is 11.8 Å². The molecule has 0 spiro atoms. The van der Waals surface area contributed by atoms with Gasteiger partial charge in [0.05, 0.1) is 12.2 Å². The maximum Gasteiger partial charge on any atom is 0.312 e. The molecule has 0 bridgehead atoms. The molecule has 1 aliphatic heterocycles. The first-order valence-electron chi connectivity index (χ1n) is 10.5. The van der Waals surface area contributed by atoms with E-state index in [-0.39, 0.29) is 5.91 Å². The molecule has 0 atom stereocenters. The van der Waals surface area contributed by atoms with Crippen LogP contribution in [-0.2, 0) is 29.2 Å². The van der Waals surface area contributed by atoms with Crippen LogP contribution in [-0.4, -0.2) is 45.6 Å². The lowest BCUT2D eigenvalue weighted by Gasteiger charge is -2.33. The van der Waals surface area contributed by atoms with Crippen molar-refractivity contribution in [2.45, 2.75) is 19.6 Å². The number of pyridine rings is 1. The zero-order chi connectivity index (χ0) is 22.3. The first-order chi connectivity index (χ1) is 15.6. The summed E-state index contributed by atoms with van der Waals surface area (Å²) in [5.41, 5.74) is 3.18. The van der Waals surface area contributed by atoms with Crippen LogP contribution in [0.15, 0.2) is 79.0 Å². The Hall–Kier alpha value is -4.00. The summed E-state index contributed by atoms with van der Waals surface area (Å²) in [6.07, 6.45) is 1.68. The van der Waals surface area contributed by atoms with Gasteiger partial charge in [-0.1, -0.05) is 48.5 Å². The number of hydrogen-bond acceptors (Lipinski definition) is 4. The summed E-state index contributed by atoms with van der Waals surface area (Å²) in [7, 11) is 0. The number of nitrogens with zero attached hydrogens (tertiary/aromatic N) is 3. The molecule has 0 aliphatic carbocycles.